The normalized spacial score (nSPS) is 13.3. The number of hydrogen-bond donors (Lipinski definition) is 3. The molecule has 0 aromatic heterocycles. The number of alkyl carbamates (subject to hydrolysis) is 1. The van der Waals surface area contributed by atoms with Crippen LogP contribution in [0.3, 0.4) is 0 Å². The molecular weight excluding hydrogens is 386 g/mol. The second-order valence-corrected chi connectivity index (χ2v) is 8.54. The Labute approximate surface area is 179 Å². The number of para-hydroxylation sites is 1. The molecule has 0 aliphatic rings. The highest BCUT2D eigenvalue weighted by Crippen LogP contribution is 2.31. The van der Waals surface area contributed by atoms with Gasteiger partial charge in [0.15, 0.2) is 0 Å². The molecule has 0 saturated heterocycles. The van der Waals surface area contributed by atoms with Crippen molar-refractivity contribution in [1.82, 2.24) is 15.5 Å². The summed E-state index contributed by atoms with van der Waals surface area (Å²) in [6, 6.07) is 4.92. The van der Waals surface area contributed by atoms with Crippen LogP contribution in [0.25, 0.3) is 0 Å². The molecule has 0 spiro atoms. The maximum absolute atomic E-state index is 13.1. The number of phenolic OH excluding ortho intramolecular Hbond substituents is 1. The molecule has 0 radical (unpaired) electrons. The molecule has 8 nitrogen and oxygen atoms in total. The van der Waals surface area contributed by atoms with Crippen LogP contribution in [-0.2, 0) is 14.3 Å². The molecule has 2 atom stereocenters. The van der Waals surface area contributed by atoms with E-state index < -0.39 is 29.6 Å². The van der Waals surface area contributed by atoms with Crippen molar-refractivity contribution < 1.29 is 24.2 Å². The van der Waals surface area contributed by atoms with Gasteiger partial charge >= 0.3 is 6.09 Å². The number of ether oxygens (including phenoxy) is 1. The molecule has 1 rings (SSSR count). The first kappa shape index (κ1) is 25.3. The first-order valence-corrected chi connectivity index (χ1v) is 10.2. The minimum Gasteiger partial charge on any atom is -0.508 e. The van der Waals surface area contributed by atoms with Gasteiger partial charge in [0, 0.05) is 17.6 Å². The molecular formula is C22H35N3O5. The molecule has 2 unspecified atom stereocenters. The molecule has 0 saturated carbocycles. The first-order valence-electron chi connectivity index (χ1n) is 10.2. The Hall–Kier alpha value is -2.77. The zero-order valence-corrected chi connectivity index (χ0v) is 19.0. The van der Waals surface area contributed by atoms with E-state index in [1.165, 1.54) is 11.0 Å². The molecule has 0 aliphatic carbocycles. The molecule has 1 aromatic carbocycles. The summed E-state index contributed by atoms with van der Waals surface area (Å²) in [6.45, 7) is 12.2. The van der Waals surface area contributed by atoms with E-state index in [2.05, 4.69) is 10.6 Å². The summed E-state index contributed by atoms with van der Waals surface area (Å²) in [4.78, 5) is 39.6. The molecule has 3 amide bonds. The molecule has 168 valence electrons. The van der Waals surface area contributed by atoms with Crippen molar-refractivity contribution in [1.29, 1.82) is 0 Å². The number of carbonyl (C=O) groups excluding carboxylic acids is 3. The number of amides is 3. The summed E-state index contributed by atoms with van der Waals surface area (Å²) in [6.07, 6.45) is -0.136. The standard InChI is InChI=1S/C22H35N3O5/c1-8-15(4)25(18(27)13-23-21(29)30-22(5,6)7)19(20(28)24-14(2)3)16-11-9-10-12-17(16)26/h9-12,14-15,19,26H,8,13H2,1-7H3,(H,23,29)(H,24,28). The lowest BCUT2D eigenvalue weighted by molar-refractivity contribution is -0.143. The van der Waals surface area contributed by atoms with Gasteiger partial charge in [-0.3, -0.25) is 9.59 Å². The van der Waals surface area contributed by atoms with E-state index in [4.69, 9.17) is 4.74 Å². The summed E-state index contributed by atoms with van der Waals surface area (Å²) in [7, 11) is 0. The average molecular weight is 422 g/mol. The highest BCUT2D eigenvalue weighted by molar-refractivity contribution is 5.91. The van der Waals surface area contributed by atoms with Crippen molar-refractivity contribution in [2.75, 3.05) is 6.54 Å². The Morgan fingerprint density at radius 3 is 2.23 bits per heavy atom. The monoisotopic (exact) mass is 421 g/mol. The highest BCUT2D eigenvalue weighted by atomic mass is 16.6. The molecule has 1 aromatic rings. The third-order valence-electron chi connectivity index (χ3n) is 4.33. The Morgan fingerprint density at radius 1 is 1.13 bits per heavy atom. The third-order valence-corrected chi connectivity index (χ3v) is 4.33. The topological polar surface area (TPSA) is 108 Å². The second kappa shape index (κ2) is 10.8. The predicted octanol–water partition coefficient (Wildman–Crippen LogP) is 3.11. The van der Waals surface area contributed by atoms with Crippen LogP contribution in [0.2, 0.25) is 0 Å². The van der Waals surface area contributed by atoms with Crippen LogP contribution in [0.4, 0.5) is 4.79 Å². The largest absolute Gasteiger partial charge is 0.508 e. The fourth-order valence-electron chi connectivity index (χ4n) is 2.89. The molecule has 3 N–H and O–H groups in total. The van der Waals surface area contributed by atoms with Crippen LogP contribution in [0, 0.1) is 0 Å². The van der Waals surface area contributed by atoms with Gasteiger partial charge in [-0.25, -0.2) is 4.79 Å². The zero-order valence-electron chi connectivity index (χ0n) is 19.0. The van der Waals surface area contributed by atoms with Crippen LogP contribution in [0.15, 0.2) is 24.3 Å². The van der Waals surface area contributed by atoms with Crippen molar-refractivity contribution >= 4 is 17.9 Å². The van der Waals surface area contributed by atoms with E-state index in [1.54, 1.807) is 39.0 Å². The van der Waals surface area contributed by atoms with Gasteiger partial charge in [0.25, 0.3) is 0 Å². The molecule has 30 heavy (non-hydrogen) atoms. The molecule has 0 bridgehead atoms. The van der Waals surface area contributed by atoms with Crippen molar-refractivity contribution in [3.05, 3.63) is 29.8 Å². The number of benzene rings is 1. The SMILES string of the molecule is CCC(C)N(C(=O)CNC(=O)OC(C)(C)C)C(C(=O)NC(C)C)c1ccccc1O. The number of hydrogen-bond acceptors (Lipinski definition) is 5. The van der Waals surface area contributed by atoms with E-state index in [9.17, 15) is 19.5 Å². The van der Waals surface area contributed by atoms with E-state index in [0.29, 0.717) is 12.0 Å². The molecule has 0 fully saturated rings. The summed E-state index contributed by atoms with van der Waals surface area (Å²) >= 11 is 0. The van der Waals surface area contributed by atoms with E-state index in [1.807, 2.05) is 27.7 Å². The third kappa shape index (κ3) is 7.57. The maximum Gasteiger partial charge on any atom is 0.408 e. The van der Waals surface area contributed by atoms with Crippen LogP contribution < -0.4 is 10.6 Å². The van der Waals surface area contributed by atoms with E-state index >= 15 is 0 Å². The first-order chi connectivity index (χ1) is 13.9. The van der Waals surface area contributed by atoms with Gasteiger partial charge in [-0.15, -0.1) is 0 Å². The minimum atomic E-state index is -1.04. The van der Waals surface area contributed by atoms with Crippen LogP contribution >= 0.6 is 0 Å². The Balaban J connectivity index is 3.23. The lowest BCUT2D eigenvalue weighted by atomic mass is 10.00. The Bertz CT molecular complexity index is 743. The van der Waals surface area contributed by atoms with E-state index in [-0.39, 0.29) is 24.4 Å². The van der Waals surface area contributed by atoms with Gasteiger partial charge in [-0.1, -0.05) is 25.1 Å². The highest BCUT2D eigenvalue weighted by Gasteiger charge is 2.36. The van der Waals surface area contributed by atoms with Crippen molar-refractivity contribution in [2.24, 2.45) is 0 Å². The molecule has 0 heterocycles. The number of carbonyl (C=O) groups is 3. The molecule has 8 heteroatoms. The maximum atomic E-state index is 13.1. The van der Waals surface area contributed by atoms with Gasteiger partial charge in [-0.05, 0) is 54.0 Å². The van der Waals surface area contributed by atoms with Gasteiger partial charge in [0.1, 0.15) is 23.9 Å². The predicted molar refractivity (Wildman–Crippen MR) is 115 cm³/mol. The van der Waals surface area contributed by atoms with Gasteiger partial charge in [0.2, 0.25) is 11.8 Å². The van der Waals surface area contributed by atoms with Crippen LogP contribution in [0.5, 0.6) is 5.75 Å². The van der Waals surface area contributed by atoms with Crippen LogP contribution in [0.1, 0.15) is 66.5 Å². The second-order valence-electron chi connectivity index (χ2n) is 8.54. The number of rotatable bonds is 8. The van der Waals surface area contributed by atoms with E-state index in [0.717, 1.165) is 0 Å². The number of nitrogens with one attached hydrogen (secondary N) is 2. The Morgan fingerprint density at radius 2 is 1.73 bits per heavy atom. The summed E-state index contributed by atoms with van der Waals surface area (Å²) in [5.74, 6) is -0.942. The summed E-state index contributed by atoms with van der Waals surface area (Å²) in [5.41, 5.74) is -0.374. The smallest absolute Gasteiger partial charge is 0.408 e. The van der Waals surface area contributed by atoms with Crippen molar-refractivity contribution in [3.8, 4) is 5.75 Å². The number of aromatic hydroxyl groups is 1. The van der Waals surface area contributed by atoms with Crippen molar-refractivity contribution in [2.45, 2.75) is 78.6 Å². The molecule has 0 aliphatic heterocycles. The van der Waals surface area contributed by atoms with Gasteiger partial charge < -0.3 is 25.4 Å². The fourth-order valence-corrected chi connectivity index (χ4v) is 2.89. The average Bonchev–Trinajstić information content (AvgIpc) is 2.62. The lowest BCUT2D eigenvalue weighted by Gasteiger charge is -2.36. The zero-order chi connectivity index (χ0) is 23.1. The fraction of sp³-hybridized carbons (Fsp3) is 0.591. The lowest BCUT2D eigenvalue weighted by Crippen LogP contribution is -2.51. The van der Waals surface area contributed by atoms with Gasteiger partial charge in [0.05, 0.1) is 0 Å². The quantitative estimate of drug-likeness (QED) is 0.598. The summed E-state index contributed by atoms with van der Waals surface area (Å²) in [5, 5.41) is 15.7. The van der Waals surface area contributed by atoms with Gasteiger partial charge in [-0.2, -0.15) is 0 Å². The minimum absolute atomic E-state index is 0.0809. The summed E-state index contributed by atoms with van der Waals surface area (Å²) < 4.78 is 5.18. The van der Waals surface area contributed by atoms with Crippen LogP contribution in [-0.4, -0.2) is 52.1 Å². The number of nitrogens with zero attached hydrogens (tertiary/aromatic N) is 1. The van der Waals surface area contributed by atoms with Crippen molar-refractivity contribution in [3.63, 3.8) is 0 Å². The Kier molecular flexibility index (Phi) is 9.14. The number of phenols is 1.